The van der Waals surface area contributed by atoms with Crippen molar-refractivity contribution in [1.82, 2.24) is 15.1 Å². The molecule has 1 saturated heterocycles. The lowest BCUT2D eigenvalue weighted by Gasteiger charge is -2.36. The van der Waals surface area contributed by atoms with Gasteiger partial charge in [0.2, 0.25) is 17.7 Å². The molecule has 0 radical (unpaired) electrons. The van der Waals surface area contributed by atoms with Gasteiger partial charge in [-0.15, -0.1) is 0 Å². The molecule has 1 unspecified atom stereocenters. The van der Waals surface area contributed by atoms with E-state index in [2.05, 4.69) is 5.32 Å². The smallest absolute Gasteiger partial charge is 0.326 e. The van der Waals surface area contributed by atoms with Gasteiger partial charge in [0.05, 0.1) is 0 Å². The molecule has 0 saturated carbocycles. The third-order valence-corrected chi connectivity index (χ3v) is 4.48. The minimum atomic E-state index is -1.08. The summed E-state index contributed by atoms with van der Waals surface area (Å²) in [4.78, 5) is 50.2. The largest absolute Gasteiger partial charge is 0.480 e. The fourth-order valence-electron chi connectivity index (χ4n) is 2.93. The second-order valence-electron chi connectivity index (χ2n) is 6.78. The molecule has 1 aliphatic heterocycles. The molecule has 1 fully saturated rings. The van der Waals surface area contributed by atoms with Crippen LogP contribution in [0.1, 0.15) is 40.5 Å². The van der Waals surface area contributed by atoms with Crippen LogP contribution in [-0.4, -0.2) is 70.8 Å². The molecule has 1 heterocycles. The molecule has 0 aromatic heterocycles. The number of likely N-dealkylation sites (tertiary alicyclic amines) is 1. The van der Waals surface area contributed by atoms with Crippen LogP contribution in [0, 0.1) is 11.8 Å². The Balaban J connectivity index is 2.70. The zero-order valence-electron chi connectivity index (χ0n) is 15.4. The van der Waals surface area contributed by atoms with Gasteiger partial charge in [-0.3, -0.25) is 14.4 Å². The van der Waals surface area contributed by atoms with Gasteiger partial charge in [-0.1, -0.05) is 13.8 Å². The Morgan fingerprint density at radius 3 is 2.16 bits per heavy atom. The molecule has 8 heteroatoms. The molecule has 0 aromatic rings. The second kappa shape index (κ2) is 9.39. The number of hydrogen-bond donors (Lipinski definition) is 2. The third-order valence-electron chi connectivity index (χ3n) is 4.48. The maximum atomic E-state index is 12.8. The summed E-state index contributed by atoms with van der Waals surface area (Å²) in [6.45, 7) is 7.90. The van der Waals surface area contributed by atoms with Crippen LogP contribution in [0.5, 0.6) is 0 Å². The number of carbonyl (C=O) groups excluding carboxylic acids is 3. The number of nitrogens with zero attached hydrogens (tertiary/aromatic N) is 2. The number of amides is 3. The molecule has 0 aliphatic carbocycles. The molecular formula is C17H29N3O5. The standard InChI is InChI=1S/C17H29N3O5/c1-11(2)15(22)19-8-5-14(6-9-19)16(23)20(12(3)17(24)25)10-7-18-13(4)21/h11-12,14H,5-10H2,1-4H3,(H,18,21)(H,24,25). The van der Waals surface area contributed by atoms with E-state index in [1.807, 2.05) is 13.8 Å². The van der Waals surface area contributed by atoms with Crippen molar-refractivity contribution >= 4 is 23.7 Å². The number of carboxylic acids is 1. The zero-order valence-corrected chi connectivity index (χ0v) is 15.4. The predicted octanol–water partition coefficient (Wildman–Crippen LogP) is 0.319. The van der Waals surface area contributed by atoms with E-state index in [1.54, 1.807) is 4.90 Å². The lowest BCUT2D eigenvalue weighted by molar-refractivity contribution is -0.152. The first-order chi connectivity index (χ1) is 11.6. The minimum absolute atomic E-state index is 0.0755. The third kappa shape index (κ3) is 6.03. The van der Waals surface area contributed by atoms with Crippen molar-refractivity contribution in [2.45, 2.75) is 46.6 Å². The molecule has 142 valence electrons. The number of aliphatic carboxylic acids is 1. The van der Waals surface area contributed by atoms with Crippen LogP contribution in [0.2, 0.25) is 0 Å². The van der Waals surface area contributed by atoms with Crippen LogP contribution in [0.15, 0.2) is 0 Å². The molecule has 2 N–H and O–H groups in total. The maximum absolute atomic E-state index is 12.8. The Hall–Kier alpha value is -2.12. The van der Waals surface area contributed by atoms with E-state index in [1.165, 1.54) is 18.7 Å². The highest BCUT2D eigenvalue weighted by Crippen LogP contribution is 2.22. The van der Waals surface area contributed by atoms with Gasteiger partial charge in [-0.25, -0.2) is 4.79 Å². The number of piperidine rings is 1. The summed E-state index contributed by atoms with van der Waals surface area (Å²) < 4.78 is 0. The van der Waals surface area contributed by atoms with Crippen LogP contribution in [0.4, 0.5) is 0 Å². The normalized spacial score (nSPS) is 16.4. The van der Waals surface area contributed by atoms with E-state index in [0.29, 0.717) is 25.9 Å². The van der Waals surface area contributed by atoms with E-state index < -0.39 is 12.0 Å². The number of hydrogen-bond acceptors (Lipinski definition) is 4. The van der Waals surface area contributed by atoms with E-state index >= 15 is 0 Å². The van der Waals surface area contributed by atoms with Gasteiger partial charge >= 0.3 is 5.97 Å². The number of carbonyl (C=O) groups is 4. The van der Waals surface area contributed by atoms with Crippen molar-refractivity contribution in [1.29, 1.82) is 0 Å². The minimum Gasteiger partial charge on any atom is -0.480 e. The number of nitrogens with one attached hydrogen (secondary N) is 1. The quantitative estimate of drug-likeness (QED) is 0.684. The molecule has 1 atom stereocenters. The van der Waals surface area contributed by atoms with Gasteiger partial charge in [0, 0.05) is 44.9 Å². The van der Waals surface area contributed by atoms with Crippen molar-refractivity contribution in [3.8, 4) is 0 Å². The van der Waals surface area contributed by atoms with Crippen LogP contribution < -0.4 is 5.32 Å². The number of rotatable bonds is 7. The summed E-state index contributed by atoms with van der Waals surface area (Å²) in [5.74, 6) is -1.83. The Bertz CT molecular complexity index is 512. The van der Waals surface area contributed by atoms with E-state index in [-0.39, 0.29) is 42.6 Å². The molecule has 8 nitrogen and oxygen atoms in total. The molecule has 1 aliphatic rings. The van der Waals surface area contributed by atoms with Gasteiger partial charge in [-0.2, -0.15) is 0 Å². The molecule has 0 aromatic carbocycles. The maximum Gasteiger partial charge on any atom is 0.326 e. The first-order valence-electron chi connectivity index (χ1n) is 8.71. The van der Waals surface area contributed by atoms with Gasteiger partial charge in [0.25, 0.3) is 0 Å². The Labute approximate surface area is 148 Å². The van der Waals surface area contributed by atoms with Crippen molar-refractivity contribution in [2.75, 3.05) is 26.2 Å². The van der Waals surface area contributed by atoms with E-state index in [9.17, 15) is 24.3 Å². The molecule has 1 rings (SSSR count). The van der Waals surface area contributed by atoms with Crippen LogP contribution in [0.25, 0.3) is 0 Å². The number of carboxylic acid groups (broad SMARTS) is 1. The van der Waals surface area contributed by atoms with Crippen molar-refractivity contribution in [3.05, 3.63) is 0 Å². The monoisotopic (exact) mass is 355 g/mol. The van der Waals surface area contributed by atoms with Crippen molar-refractivity contribution in [3.63, 3.8) is 0 Å². The summed E-state index contributed by atoms with van der Waals surface area (Å²) in [7, 11) is 0. The summed E-state index contributed by atoms with van der Waals surface area (Å²) in [6, 6.07) is -0.961. The highest BCUT2D eigenvalue weighted by Gasteiger charge is 2.34. The average molecular weight is 355 g/mol. The SMILES string of the molecule is CC(=O)NCCN(C(=O)C1CCN(C(=O)C(C)C)CC1)C(C)C(=O)O. The van der Waals surface area contributed by atoms with Crippen molar-refractivity contribution < 1.29 is 24.3 Å². The Morgan fingerprint density at radius 1 is 1.16 bits per heavy atom. The molecule has 3 amide bonds. The molecule has 0 spiro atoms. The fourth-order valence-corrected chi connectivity index (χ4v) is 2.93. The average Bonchev–Trinajstić information content (AvgIpc) is 2.56. The van der Waals surface area contributed by atoms with Crippen LogP contribution in [-0.2, 0) is 19.2 Å². The van der Waals surface area contributed by atoms with Crippen LogP contribution in [0.3, 0.4) is 0 Å². The summed E-state index contributed by atoms with van der Waals surface area (Å²) >= 11 is 0. The Kier molecular flexibility index (Phi) is 7.86. The van der Waals surface area contributed by atoms with Gasteiger partial charge in [0.15, 0.2) is 0 Å². The lowest BCUT2D eigenvalue weighted by Crippen LogP contribution is -2.51. The van der Waals surface area contributed by atoms with Crippen molar-refractivity contribution in [2.24, 2.45) is 11.8 Å². The highest BCUT2D eigenvalue weighted by molar-refractivity contribution is 5.85. The highest BCUT2D eigenvalue weighted by atomic mass is 16.4. The lowest BCUT2D eigenvalue weighted by atomic mass is 9.94. The molecular weight excluding hydrogens is 326 g/mol. The van der Waals surface area contributed by atoms with Gasteiger partial charge in [0.1, 0.15) is 6.04 Å². The fraction of sp³-hybridized carbons (Fsp3) is 0.765. The van der Waals surface area contributed by atoms with Gasteiger partial charge in [-0.05, 0) is 19.8 Å². The predicted molar refractivity (Wildman–Crippen MR) is 91.6 cm³/mol. The molecule has 25 heavy (non-hydrogen) atoms. The summed E-state index contributed by atoms with van der Waals surface area (Å²) in [5, 5.41) is 11.8. The summed E-state index contributed by atoms with van der Waals surface area (Å²) in [5.41, 5.74) is 0. The Morgan fingerprint density at radius 2 is 1.72 bits per heavy atom. The zero-order chi connectivity index (χ0) is 19.1. The first-order valence-corrected chi connectivity index (χ1v) is 8.71. The van der Waals surface area contributed by atoms with E-state index in [0.717, 1.165) is 0 Å². The topological polar surface area (TPSA) is 107 Å². The second-order valence-corrected chi connectivity index (χ2v) is 6.78. The summed E-state index contributed by atoms with van der Waals surface area (Å²) in [6.07, 6.45) is 1.06. The molecule has 0 bridgehead atoms. The van der Waals surface area contributed by atoms with Crippen LogP contribution >= 0.6 is 0 Å². The first kappa shape index (κ1) is 20.9. The van der Waals surface area contributed by atoms with Gasteiger partial charge < -0.3 is 20.2 Å². The van der Waals surface area contributed by atoms with E-state index in [4.69, 9.17) is 0 Å².